The van der Waals surface area contributed by atoms with Gasteiger partial charge in [-0.3, -0.25) is 9.79 Å². The van der Waals surface area contributed by atoms with Gasteiger partial charge in [0.2, 0.25) is 5.91 Å². The molecule has 0 fully saturated rings. The van der Waals surface area contributed by atoms with Gasteiger partial charge in [0.05, 0.1) is 21.5 Å². The highest BCUT2D eigenvalue weighted by Gasteiger charge is 2.28. The van der Waals surface area contributed by atoms with Crippen molar-refractivity contribution in [1.82, 2.24) is 0 Å². The fourth-order valence-electron chi connectivity index (χ4n) is 2.44. The Morgan fingerprint density at radius 3 is 2.41 bits per heavy atom. The van der Waals surface area contributed by atoms with Gasteiger partial charge < -0.3 is 5.32 Å². The van der Waals surface area contributed by atoms with Crippen LogP contribution < -0.4 is 5.32 Å². The molecule has 0 aromatic heterocycles. The van der Waals surface area contributed by atoms with E-state index in [0.717, 1.165) is 5.56 Å². The number of nitrogens with one attached hydrogen (secondary N) is 1. The van der Waals surface area contributed by atoms with Crippen LogP contribution in [0.25, 0.3) is 0 Å². The van der Waals surface area contributed by atoms with Gasteiger partial charge in [-0.15, -0.1) is 0 Å². The molecule has 0 aliphatic carbocycles. The number of hydrogen-bond donors (Lipinski definition) is 1. The van der Waals surface area contributed by atoms with Crippen molar-refractivity contribution in [2.75, 3.05) is 11.1 Å². The molecule has 1 amide bonds. The van der Waals surface area contributed by atoms with Crippen LogP contribution in [0.2, 0.25) is 15.1 Å². The predicted molar refractivity (Wildman–Crippen MR) is 117 cm³/mol. The maximum absolute atomic E-state index is 12.3. The number of rotatable bonds is 4. The summed E-state index contributed by atoms with van der Waals surface area (Å²) in [7, 11) is 0. The number of aliphatic imine (C=N–C) groups is 2. The summed E-state index contributed by atoms with van der Waals surface area (Å²) in [5, 5.41) is 5.08. The Labute approximate surface area is 177 Å². The molecule has 1 N–H and O–H groups in total. The summed E-state index contributed by atoms with van der Waals surface area (Å²) in [6, 6.07) is 12.3. The lowest BCUT2D eigenvalue weighted by molar-refractivity contribution is -0.113. The smallest absolute Gasteiger partial charge is 0.234 e. The van der Waals surface area contributed by atoms with E-state index in [4.69, 9.17) is 34.8 Å². The van der Waals surface area contributed by atoms with E-state index in [2.05, 4.69) is 15.3 Å². The number of anilines is 1. The van der Waals surface area contributed by atoms with E-state index in [9.17, 15) is 4.79 Å². The standard InChI is InChI=1S/C19H16Cl3N3OS/c1-19(2)24-17(11-3-8-14(21)15(22)9-11)18(25-19)27-10-16(26)23-13-6-4-12(20)5-7-13/h3-9H,10H2,1-2H3,(H,23,26). The zero-order valence-electron chi connectivity index (χ0n) is 14.6. The predicted octanol–water partition coefficient (Wildman–Crippen LogP) is 5.96. The monoisotopic (exact) mass is 439 g/mol. The first kappa shape index (κ1) is 20.2. The average Bonchev–Trinajstić information content (AvgIpc) is 2.92. The average molecular weight is 441 g/mol. The molecule has 27 heavy (non-hydrogen) atoms. The van der Waals surface area contributed by atoms with Crippen LogP contribution in [-0.2, 0) is 4.79 Å². The third-order valence-electron chi connectivity index (χ3n) is 3.62. The summed E-state index contributed by atoms with van der Waals surface area (Å²) in [6.45, 7) is 3.82. The van der Waals surface area contributed by atoms with Crippen LogP contribution in [0.4, 0.5) is 5.69 Å². The summed E-state index contributed by atoms with van der Waals surface area (Å²) >= 11 is 19.3. The van der Waals surface area contributed by atoms with Crippen molar-refractivity contribution >= 4 is 68.9 Å². The molecule has 0 atom stereocenters. The van der Waals surface area contributed by atoms with E-state index in [0.29, 0.717) is 31.5 Å². The van der Waals surface area contributed by atoms with Crippen molar-refractivity contribution in [3.63, 3.8) is 0 Å². The molecular formula is C19H16Cl3N3OS. The van der Waals surface area contributed by atoms with Crippen LogP contribution >= 0.6 is 46.6 Å². The first-order valence-corrected chi connectivity index (χ1v) is 10.2. The fourth-order valence-corrected chi connectivity index (χ4v) is 3.80. The van der Waals surface area contributed by atoms with E-state index < -0.39 is 5.66 Å². The van der Waals surface area contributed by atoms with Crippen molar-refractivity contribution in [2.24, 2.45) is 9.98 Å². The SMILES string of the molecule is CC1(C)N=C(SCC(=O)Nc2ccc(Cl)cc2)C(c2ccc(Cl)c(Cl)c2)=N1. The first-order valence-electron chi connectivity index (χ1n) is 8.07. The van der Waals surface area contributed by atoms with Gasteiger partial charge in [0.15, 0.2) is 0 Å². The largest absolute Gasteiger partial charge is 0.325 e. The molecule has 0 bridgehead atoms. The van der Waals surface area contributed by atoms with Gasteiger partial charge in [0, 0.05) is 16.3 Å². The van der Waals surface area contributed by atoms with Crippen LogP contribution in [0, 0.1) is 0 Å². The Morgan fingerprint density at radius 1 is 1.04 bits per heavy atom. The summed E-state index contributed by atoms with van der Waals surface area (Å²) < 4.78 is 0. The molecule has 1 heterocycles. The Kier molecular flexibility index (Phi) is 6.16. The molecule has 0 unspecified atom stereocenters. The maximum atomic E-state index is 12.3. The molecule has 4 nitrogen and oxygen atoms in total. The van der Waals surface area contributed by atoms with Crippen molar-refractivity contribution in [1.29, 1.82) is 0 Å². The van der Waals surface area contributed by atoms with Crippen LogP contribution in [0.5, 0.6) is 0 Å². The minimum absolute atomic E-state index is 0.136. The second kappa shape index (κ2) is 8.23. The van der Waals surface area contributed by atoms with Crippen molar-refractivity contribution in [2.45, 2.75) is 19.5 Å². The van der Waals surface area contributed by atoms with Gasteiger partial charge >= 0.3 is 0 Å². The van der Waals surface area contributed by atoms with Gasteiger partial charge in [-0.2, -0.15) is 0 Å². The molecule has 1 aliphatic heterocycles. The number of nitrogens with zero attached hydrogens (tertiary/aromatic N) is 2. The first-order chi connectivity index (χ1) is 12.7. The summed E-state index contributed by atoms with van der Waals surface area (Å²) in [5.74, 6) is 0.0703. The Hall–Kier alpha value is -1.53. The highest BCUT2D eigenvalue weighted by Crippen LogP contribution is 2.29. The molecule has 0 saturated carbocycles. The van der Waals surface area contributed by atoms with Gasteiger partial charge in [-0.1, -0.05) is 52.6 Å². The van der Waals surface area contributed by atoms with Crippen LogP contribution in [-0.4, -0.2) is 28.1 Å². The third-order valence-corrected chi connectivity index (χ3v) is 5.58. The molecule has 0 spiro atoms. The second-order valence-corrected chi connectivity index (χ2v) is 8.56. The van der Waals surface area contributed by atoms with E-state index in [1.54, 1.807) is 36.4 Å². The van der Waals surface area contributed by atoms with E-state index in [1.807, 2.05) is 19.9 Å². The number of hydrogen-bond acceptors (Lipinski definition) is 4. The molecular weight excluding hydrogens is 425 g/mol. The Bertz CT molecular complexity index is 940. The molecule has 2 aromatic carbocycles. The summed E-state index contributed by atoms with van der Waals surface area (Å²) in [4.78, 5) is 21.5. The third kappa shape index (κ3) is 5.26. The topological polar surface area (TPSA) is 53.8 Å². The van der Waals surface area contributed by atoms with E-state index in [-0.39, 0.29) is 11.7 Å². The lowest BCUT2D eigenvalue weighted by Crippen LogP contribution is -2.17. The van der Waals surface area contributed by atoms with E-state index in [1.165, 1.54) is 11.8 Å². The van der Waals surface area contributed by atoms with Crippen LogP contribution in [0.3, 0.4) is 0 Å². The van der Waals surface area contributed by atoms with Gasteiger partial charge in [-0.05, 0) is 50.2 Å². The van der Waals surface area contributed by atoms with Crippen LogP contribution in [0.15, 0.2) is 52.4 Å². The molecule has 0 radical (unpaired) electrons. The minimum atomic E-state index is -0.587. The lowest BCUT2D eigenvalue weighted by Gasteiger charge is -2.08. The molecule has 0 saturated heterocycles. The van der Waals surface area contributed by atoms with Gasteiger partial charge in [0.25, 0.3) is 0 Å². The van der Waals surface area contributed by atoms with Crippen molar-refractivity contribution in [3.8, 4) is 0 Å². The second-order valence-electron chi connectivity index (χ2n) is 6.34. The Balaban J connectivity index is 1.70. The van der Waals surface area contributed by atoms with Crippen LogP contribution in [0.1, 0.15) is 19.4 Å². The van der Waals surface area contributed by atoms with Gasteiger partial charge in [0.1, 0.15) is 10.7 Å². The molecule has 140 valence electrons. The zero-order valence-corrected chi connectivity index (χ0v) is 17.7. The fraction of sp³-hybridized carbons (Fsp3) is 0.211. The Morgan fingerprint density at radius 2 is 1.74 bits per heavy atom. The molecule has 8 heteroatoms. The number of amides is 1. The van der Waals surface area contributed by atoms with E-state index >= 15 is 0 Å². The zero-order chi connectivity index (χ0) is 19.6. The van der Waals surface area contributed by atoms with Crippen molar-refractivity contribution < 1.29 is 4.79 Å². The number of thioether (sulfide) groups is 1. The highest BCUT2D eigenvalue weighted by atomic mass is 35.5. The molecule has 1 aliphatic rings. The highest BCUT2D eigenvalue weighted by molar-refractivity contribution is 8.16. The maximum Gasteiger partial charge on any atom is 0.234 e. The van der Waals surface area contributed by atoms with Crippen molar-refractivity contribution in [3.05, 3.63) is 63.1 Å². The number of carbonyl (C=O) groups is 1. The quantitative estimate of drug-likeness (QED) is 0.638. The number of carbonyl (C=O) groups excluding carboxylic acids is 1. The number of halogens is 3. The summed E-state index contributed by atoms with van der Waals surface area (Å²) in [6.07, 6.45) is 0. The molecule has 3 rings (SSSR count). The normalized spacial score (nSPS) is 15.3. The molecule has 2 aromatic rings. The summed E-state index contributed by atoms with van der Waals surface area (Å²) in [5.41, 5.74) is 1.63. The van der Waals surface area contributed by atoms with Gasteiger partial charge in [-0.25, -0.2) is 4.99 Å². The number of benzene rings is 2. The lowest BCUT2D eigenvalue weighted by atomic mass is 10.1. The minimum Gasteiger partial charge on any atom is -0.325 e.